The first-order chi connectivity index (χ1) is 9.95. The quantitative estimate of drug-likeness (QED) is 0.645. The zero-order valence-electron chi connectivity index (χ0n) is 12.5. The monoisotopic (exact) mass is 293 g/mol. The highest BCUT2D eigenvalue weighted by Gasteiger charge is 2.20. The van der Waals surface area contributed by atoms with E-state index in [4.69, 9.17) is 5.11 Å². The molecule has 1 saturated carbocycles. The molecular weight excluding hydrogens is 270 g/mol. The van der Waals surface area contributed by atoms with Crippen molar-refractivity contribution in [2.75, 3.05) is 5.32 Å². The molecule has 1 heterocycles. The Bertz CT molecular complexity index is 524. The summed E-state index contributed by atoms with van der Waals surface area (Å²) in [7, 11) is 0. The van der Waals surface area contributed by atoms with Gasteiger partial charge >= 0.3 is 12.0 Å². The minimum absolute atomic E-state index is 0.0112. The number of carboxylic acid groups (broad SMARTS) is 1. The van der Waals surface area contributed by atoms with Crippen LogP contribution in [0.1, 0.15) is 55.2 Å². The number of aromatic carboxylic acids is 1. The first-order valence-electron chi connectivity index (χ1n) is 7.46. The lowest BCUT2D eigenvalue weighted by atomic mass is 10.0. The summed E-state index contributed by atoms with van der Waals surface area (Å²) in [4.78, 5) is 25.8. The molecule has 2 rings (SSSR count). The molecule has 0 spiro atoms. The van der Waals surface area contributed by atoms with Gasteiger partial charge in [-0.2, -0.15) is 0 Å². The summed E-state index contributed by atoms with van der Waals surface area (Å²) in [5, 5.41) is 14.7. The summed E-state index contributed by atoms with van der Waals surface area (Å²) in [6.45, 7) is 3.99. The van der Waals surface area contributed by atoms with Gasteiger partial charge in [0.1, 0.15) is 5.69 Å². The fourth-order valence-electron chi connectivity index (χ4n) is 2.83. The summed E-state index contributed by atoms with van der Waals surface area (Å²) in [6.07, 6.45) is 5.41. The largest absolute Gasteiger partial charge is 0.477 e. The predicted molar refractivity (Wildman–Crippen MR) is 80.7 cm³/mol. The van der Waals surface area contributed by atoms with E-state index in [-0.39, 0.29) is 17.8 Å². The van der Waals surface area contributed by atoms with Gasteiger partial charge in [0.25, 0.3) is 0 Å². The zero-order valence-corrected chi connectivity index (χ0v) is 12.5. The third-order valence-corrected chi connectivity index (χ3v) is 4.01. The average Bonchev–Trinajstić information content (AvgIpc) is 2.64. The van der Waals surface area contributed by atoms with Crippen LogP contribution < -0.4 is 10.6 Å². The van der Waals surface area contributed by atoms with Crippen LogP contribution in [0.4, 0.5) is 10.5 Å². The number of rotatable bonds is 3. The van der Waals surface area contributed by atoms with Crippen molar-refractivity contribution in [2.45, 2.75) is 52.0 Å². The molecule has 116 valence electrons. The van der Waals surface area contributed by atoms with Crippen LogP contribution in [0.3, 0.4) is 0 Å². The minimum Gasteiger partial charge on any atom is -0.477 e. The van der Waals surface area contributed by atoms with Crippen LogP contribution in [0.5, 0.6) is 0 Å². The molecule has 2 unspecified atom stereocenters. The maximum absolute atomic E-state index is 12.0. The molecule has 0 radical (unpaired) electrons. The molecule has 0 aliphatic heterocycles. The van der Waals surface area contributed by atoms with Gasteiger partial charge in [-0.3, -0.25) is 0 Å². The lowest BCUT2D eigenvalue weighted by Crippen LogP contribution is -2.37. The Balaban J connectivity index is 1.94. The van der Waals surface area contributed by atoms with E-state index < -0.39 is 5.97 Å². The predicted octanol–water partition coefficient (Wildman–Crippen LogP) is 3.11. The van der Waals surface area contributed by atoms with E-state index in [1.807, 2.05) is 0 Å². The lowest BCUT2D eigenvalue weighted by molar-refractivity contribution is 0.0692. The van der Waals surface area contributed by atoms with Crippen molar-refractivity contribution in [3.8, 4) is 0 Å². The molecule has 6 heteroatoms. The molecule has 2 amide bonds. The lowest BCUT2D eigenvalue weighted by Gasteiger charge is -2.16. The number of hydrogen-bond donors (Lipinski definition) is 4. The van der Waals surface area contributed by atoms with E-state index in [2.05, 4.69) is 22.5 Å². The second-order valence-electron chi connectivity index (χ2n) is 5.95. The third kappa shape index (κ3) is 4.24. The Morgan fingerprint density at radius 2 is 2.05 bits per heavy atom. The number of hydrogen-bond acceptors (Lipinski definition) is 2. The number of amides is 2. The molecule has 2 atom stereocenters. The van der Waals surface area contributed by atoms with E-state index >= 15 is 0 Å². The average molecular weight is 293 g/mol. The number of H-pyrrole nitrogens is 1. The second-order valence-corrected chi connectivity index (χ2v) is 5.95. The highest BCUT2D eigenvalue weighted by molar-refractivity contribution is 5.99. The maximum Gasteiger partial charge on any atom is 0.354 e. The molecule has 1 aliphatic rings. The van der Waals surface area contributed by atoms with Crippen molar-refractivity contribution >= 4 is 17.7 Å². The van der Waals surface area contributed by atoms with Crippen LogP contribution in [0.15, 0.2) is 6.07 Å². The Hall–Kier alpha value is -1.98. The van der Waals surface area contributed by atoms with Crippen LogP contribution in [-0.4, -0.2) is 28.1 Å². The van der Waals surface area contributed by atoms with Gasteiger partial charge in [0.2, 0.25) is 0 Å². The molecule has 0 bridgehead atoms. The number of nitrogens with one attached hydrogen (secondary N) is 3. The van der Waals surface area contributed by atoms with Crippen molar-refractivity contribution in [3.63, 3.8) is 0 Å². The first kappa shape index (κ1) is 15.4. The van der Waals surface area contributed by atoms with E-state index in [9.17, 15) is 9.59 Å². The Morgan fingerprint density at radius 1 is 1.29 bits per heavy atom. The van der Waals surface area contributed by atoms with Gasteiger partial charge in [-0.25, -0.2) is 9.59 Å². The van der Waals surface area contributed by atoms with Crippen molar-refractivity contribution in [3.05, 3.63) is 17.5 Å². The fraction of sp³-hybridized carbons (Fsp3) is 0.600. The molecule has 1 aliphatic carbocycles. The first-order valence-corrected chi connectivity index (χ1v) is 7.46. The number of carboxylic acids is 1. The van der Waals surface area contributed by atoms with Crippen molar-refractivity contribution in [1.29, 1.82) is 0 Å². The molecule has 21 heavy (non-hydrogen) atoms. The Labute approximate surface area is 124 Å². The van der Waals surface area contributed by atoms with Crippen LogP contribution in [0.25, 0.3) is 0 Å². The number of anilines is 1. The van der Waals surface area contributed by atoms with Gasteiger partial charge in [-0.15, -0.1) is 0 Å². The van der Waals surface area contributed by atoms with Gasteiger partial charge in [-0.05, 0) is 38.2 Å². The Kier molecular flexibility index (Phi) is 4.88. The number of aromatic amines is 1. The van der Waals surface area contributed by atoms with E-state index in [0.29, 0.717) is 17.3 Å². The number of carbonyl (C=O) groups is 2. The number of aromatic nitrogens is 1. The van der Waals surface area contributed by atoms with Gasteiger partial charge in [0.05, 0.1) is 5.69 Å². The van der Waals surface area contributed by atoms with Crippen LogP contribution in [0.2, 0.25) is 0 Å². The van der Waals surface area contributed by atoms with Gasteiger partial charge in [0.15, 0.2) is 0 Å². The molecule has 1 aromatic rings. The highest BCUT2D eigenvalue weighted by Crippen LogP contribution is 2.23. The summed E-state index contributed by atoms with van der Waals surface area (Å²) < 4.78 is 0. The fourth-order valence-corrected chi connectivity index (χ4v) is 2.83. The van der Waals surface area contributed by atoms with E-state index in [1.165, 1.54) is 6.42 Å². The molecule has 0 saturated heterocycles. The summed E-state index contributed by atoms with van der Waals surface area (Å²) >= 11 is 0. The number of carbonyl (C=O) groups excluding carboxylic acids is 1. The normalized spacial score (nSPS) is 22.4. The standard InChI is InChI=1S/C15H23N3O3/c1-9-4-3-5-11(7-6-9)17-15(21)18-12-8-10(2)16-13(12)14(19)20/h8-9,11,16H,3-7H2,1-2H3,(H,19,20)(H2,17,18,21). The second kappa shape index (κ2) is 6.65. The summed E-state index contributed by atoms with van der Waals surface area (Å²) in [6, 6.07) is 1.46. The Morgan fingerprint density at radius 3 is 2.76 bits per heavy atom. The summed E-state index contributed by atoms with van der Waals surface area (Å²) in [5.41, 5.74) is 1.02. The van der Waals surface area contributed by atoms with Crippen molar-refractivity contribution in [2.24, 2.45) is 5.92 Å². The molecule has 4 N–H and O–H groups in total. The molecule has 1 aromatic heterocycles. The third-order valence-electron chi connectivity index (χ3n) is 4.01. The van der Waals surface area contributed by atoms with Crippen molar-refractivity contribution < 1.29 is 14.7 Å². The van der Waals surface area contributed by atoms with Crippen LogP contribution >= 0.6 is 0 Å². The smallest absolute Gasteiger partial charge is 0.354 e. The van der Waals surface area contributed by atoms with Gasteiger partial charge in [0, 0.05) is 11.7 Å². The molecule has 0 aromatic carbocycles. The van der Waals surface area contributed by atoms with Crippen LogP contribution in [0, 0.1) is 12.8 Å². The van der Waals surface area contributed by atoms with Crippen LogP contribution in [-0.2, 0) is 0 Å². The highest BCUT2D eigenvalue weighted by atomic mass is 16.4. The molecule has 1 fully saturated rings. The van der Waals surface area contributed by atoms with Gasteiger partial charge in [-0.1, -0.05) is 19.8 Å². The molecular formula is C15H23N3O3. The van der Waals surface area contributed by atoms with E-state index in [1.54, 1.807) is 13.0 Å². The SMILES string of the molecule is Cc1cc(NC(=O)NC2CCCC(C)CC2)c(C(=O)O)[nH]1. The zero-order chi connectivity index (χ0) is 15.4. The van der Waals surface area contributed by atoms with Gasteiger partial charge < -0.3 is 20.7 Å². The topological polar surface area (TPSA) is 94.2 Å². The number of aryl methyl sites for hydroxylation is 1. The van der Waals surface area contributed by atoms with Crippen molar-refractivity contribution in [1.82, 2.24) is 10.3 Å². The van der Waals surface area contributed by atoms with E-state index in [0.717, 1.165) is 25.7 Å². The molecule has 6 nitrogen and oxygen atoms in total. The number of urea groups is 1. The maximum atomic E-state index is 12.0. The summed E-state index contributed by atoms with van der Waals surface area (Å²) in [5.74, 6) is -0.368. The minimum atomic E-state index is -1.08.